The van der Waals surface area contributed by atoms with E-state index in [1.54, 1.807) is 18.0 Å². The van der Waals surface area contributed by atoms with E-state index in [0.717, 1.165) is 34.1 Å². The van der Waals surface area contributed by atoms with Crippen LogP contribution in [0.5, 0.6) is 5.75 Å². The van der Waals surface area contributed by atoms with Crippen molar-refractivity contribution in [3.8, 4) is 11.6 Å². The minimum atomic E-state index is -0.228. The lowest BCUT2D eigenvalue weighted by atomic mass is 10.2. The number of nitrogens with zero attached hydrogens (tertiary/aromatic N) is 3. The number of hydrogen-bond donors (Lipinski definition) is 2. The van der Waals surface area contributed by atoms with Crippen LogP contribution in [0.25, 0.3) is 5.82 Å². The Morgan fingerprint density at radius 2 is 1.70 bits per heavy atom. The van der Waals surface area contributed by atoms with Gasteiger partial charge in [-0.2, -0.15) is 5.10 Å². The van der Waals surface area contributed by atoms with Gasteiger partial charge < -0.3 is 15.4 Å². The fourth-order valence-corrected chi connectivity index (χ4v) is 2.68. The molecule has 7 nitrogen and oxygen atoms in total. The number of ether oxygens (including phenoxy) is 1. The molecule has 0 unspecified atom stereocenters. The summed E-state index contributed by atoms with van der Waals surface area (Å²) in [5.74, 6) is 1.55. The Labute approximate surface area is 158 Å². The number of aromatic nitrogens is 3. The zero-order valence-electron chi connectivity index (χ0n) is 15.7. The second-order valence-electron chi connectivity index (χ2n) is 6.25. The van der Waals surface area contributed by atoms with Crippen molar-refractivity contribution in [1.82, 2.24) is 25.4 Å². The first kappa shape index (κ1) is 18.4. The summed E-state index contributed by atoms with van der Waals surface area (Å²) in [5, 5.41) is 10.1. The van der Waals surface area contributed by atoms with Crippen LogP contribution in [0.4, 0.5) is 4.79 Å². The number of methoxy groups -OCH3 is 1. The fourth-order valence-electron chi connectivity index (χ4n) is 2.68. The van der Waals surface area contributed by atoms with Crippen molar-refractivity contribution in [2.24, 2.45) is 0 Å². The molecule has 0 aliphatic heterocycles. The van der Waals surface area contributed by atoms with Crippen LogP contribution < -0.4 is 15.4 Å². The van der Waals surface area contributed by atoms with E-state index in [4.69, 9.17) is 4.74 Å². The summed E-state index contributed by atoms with van der Waals surface area (Å²) in [6.45, 7) is 4.79. The highest BCUT2D eigenvalue weighted by atomic mass is 16.5. The molecule has 0 spiro atoms. The van der Waals surface area contributed by atoms with Gasteiger partial charge in [0, 0.05) is 25.0 Å². The third-order valence-corrected chi connectivity index (χ3v) is 4.10. The molecule has 0 saturated carbocycles. The maximum atomic E-state index is 12.0. The lowest BCUT2D eigenvalue weighted by molar-refractivity contribution is 0.240. The molecule has 3 rings (SSSR count). The molecule has 0 saturated heterocycles. The lowest BCUT2D eigenvalue weighted by Crippen LogP contribution is -2.34. The van der Waals surface area contributed by atoms with Crippen molar-refractivity contribution < 1.29 is 9.53 Å². The molecule has 0 fully saturated rings. The number of hydrogen-bond acceptors (Lipinski definition) is 4. The largest absolute Gasteiger partial charge is 0.497 e. The molecule has 140 valence electrons. The van der Waals surface area contributed by atoms with Gasteiger partial charge in [-0.15, -0.1) is 0 Å². The monoisotopic (exact) mass is 365 g/mol. The van der Waals surface area contributed by atoms with Crippen LogP contribution in [-0.4, -0.2) is 27.9 Å². The van der Waals surface area contributed by atoms with Crippen molar-refractivity contribution in [3.63, 3.8) is 0 Å². The van der Waals surface area contributed by atoms with Crippen molar-refractivity contribution in [3.05, 3.63) is 71.2 Å². The molecule has 0 aliphatic carbocycles. The van der Waals surface area contributed by atoms with Gasteiger partial charge in [0.25, 0.3) is 0 Å². The van der Waals surface area contributed by atoms with E-state index in [0.29, 0.717) is 13.1 Å². The molecular formula is C20H23N5O2. The van der Waals surface area contributed by atoms with Crippen LogP contribution >= 0.6 is 0 Å². The molecule has 0 atom stereocenters. The van der Waals surface area contributed by atoms with E-state index < -0.39 is 0 Å². The Hall–Kier alpha value is -3.35. The average Bonchev–Trinajstić information content (AvgIpc) is 3.03. The molecule has 2 aromatic heterocycles. The first-order chi connectivity index (χ1) is 13.0. The van der Waals surface area contributed by atoms with Crippen molar-refractivity contribution in [1.29, 1.82) is 0 Å². The van der Waals surface area contributed by atoms with Gasteiger partial charge in [0.1, 0.15) is 5.75 Å². The number of pyridine rings is 1. The fraction of sp³-hybridized carbons (Fsp3) is 0.250. The van der Waals surface area contributed by atoms with Crippen molar-refractivity contribution in [2.45, 2.75) is 26.9 Å². The number of amides is 2. The molecule has 2 heterocycles. The summed E-state index contributed by atoms with van der Waals surface area (Å²) >= 11 is 0. The number of carbonyl (C=O) groups excluding carboxylic acids is 1. The highest BCUT2D eigenvalue weighted by Gasteiger charge is 2.06. The number of rotatable bonds is 6. The number of nitrogens with one attached hydrogen (secondary N) is 2. The maximum absolute atomic E-state index is 12.0. The lowest BCUT2D eigenvalue weighted by Gasteiger charge is -2.09. The van der Waals surface area contributed by atoms with Gasteiger partial charge in [-0.3, -0.25) is 0 Å². The summed E-state index contributed by atoms with van der Waals surface area (Å²) in [6.07, 6.45) is 1.75. The number of aryl methyl sites for hydroxylation is 2. The predicted molar refractivity (Wildman–Crippen MR) is 103 cm³/mol. The standard InChI is InChI=1S/C20H23N5O2/c1-14-10-15(2)25(24-14)19-9-6-17(12-21-19)13-23-20(26)22-11-16-4-7-18(27-3)8-5-16/h4-10,12H,11,13H2,1-3H3,(H2,22,23,26). The molecule has 0 radical (unpaired) electrons. The van der Waals surface area contributed by atoms with Gasteiger partial charge in [0.2, 0.25) is 0 Å². The SMILES string of the molecule is COc1ccc(CNC(=O)NCc2ccc(-n3nc(C)cc3C)nc2)cc1. The van der Waals surface area contributed by atoms with Crippen LogP contribution in [-0.2, 0) is 13.1 Å². The molecule has 3 aromatic rings. The molecule has 0 bridgehead atoms. The predicted octanol–water partition coefficient (Wildman–Crippen LogP) is 2.89. The third-order valence-electron chi connectivity index (χ3n) is 4.10. The van der Waals surface area contributed by atoms with E-state index in [1.807, 2.05) is 56.3 Å². The molecule has 1 aromatic carbocycles. The van der Waals surface area contributed by atoms with Gasteiger partial charge in [-0.25, -0.2) is 14.5 Å². The van der Waals surface area contributed by atoms with Crippen LogP contribution in [0, 0.1) is 13.8 Å². The second-order valence-corrected chi connectivity index (χ2v) is 6.25. The van der Waals surface area contributed by atoms with Gasteiger partial charge in [-0.1, -0.05) is 18.2 Å². The number of urea groups is 1. The van der Waals surface area contributed by atoms with Crippen LogP contribution in [0.3, 0.4) is 0 Å². The Morgan fingerprint density at radius 3 is 2.26 bits per heavy atom. The van der Waals surface area contributed by atoms with E-state index in [-0.39, 0.29) is 6.03 Å². The van der Waals surface area contributed by atoms with Crippen molar-refractivity contribution in [2.75, 3.05) is 7.11 Å². The summed E-state index contributed by atoms with van der Waals surface area (Å²) in [5.41, 5.74) is 3.90. The average molecular weight is 365 g/mol. The summed E-state index contributed by atoms with van der Waals surface area (Å²) in [6, 6.07) is 13.2. The zero-order chi connectivity index (χ0) is 19.2. The first-order valence-corrected chi connectivity index (χ1v) is 8.68. The second kappa shape index (κ2) is 8.35. The molecule has 2 amide bonds. The molecule has 27 heavy (non-hydrogen) atoms. The third kappa shape index (κ3) is 4.84. The molecule has 2 N–H and O–H groups in total. The van der Waals surface area contributed by atoms with Crippen LogP contribution in [0.1, 0.15) is 22.5 Å². The summed E-state index contributed by atoms with van der Waals surface area (Å²) < 4.78 is 6.92. The Kier molecular flexibility index (Phi) is 5.71. The maximum Gasteiger partial charge on any atom is 0.315 e. The Balaban J connectivity index is 1.49. The molecule has 0 aliphatic rings. The zero-order valence-corrected chi connectivity index (χ0v) is 15.7. The summed E-state index contributed by atoms with van der Waals surface area (Å²) in [7, 11) is 1.62. The Morgan fingerprint density at radius 1 is 1.04 bits per heavy atom. The first-order valence-electron chi connectivity index (χ1n) is 8.68. The van der Waals surface area contributed by atoms with E-state index in [9.17, 15) is 4.79 Å². The normalized spacial score (nSPS) is 10.5. The number of carbonyl (C=O) groups is 1. The minimum Gasteiger partial charge on any atom is -0.497 e. The van der Waals surface area contributed by atoms with E-state index in [1.165, 1.54) is 0 Å². The van der Waals surface area contributed by atoms with Gasteiger partial charge in [-0.05, 0) is 49.2 Å². The minimum absolute atomic E-state index is 0.228. The van der Waals surface area contributed by atoms with Crippen molar-refractivity contribution >= 4 is 6.03 Å². The highest BCUT2D eigenvalue weighted by molar-refractivity contribution is 5.73. The molecule has 7 heteroatoms. The number of benzene rings is 1. The van der Waals surface area contributed by atoms with Crippen LogP contribution in [0.15, 0.2) is 48.7 Å². The topological polar surface area (TPSA) is 81.1 Å². The van der Waals surface area contributed by atoms with Gasteiger partial charge in [0.05, 0.1) is 12.8 Å². The van der Waals surface area contributed by atoms with Crippen LogP contribution in [0.2, 0.25) is 0 Å². The van der Waals surface area contributed by atoms with Gasteiger partial charge in [0.15, 0.2) is 5.82 Å². The van der Waals surface area contributed by atoms with E-state index in [2.05, 4.69) is 20.7 Å². The highest BCUT2D eigenvalue weighted by Crippen LogP contribution is 2.11. The quantitative estimate of drug-likeness (QED) is 0.704. The Bertz CT molecular complexity index is 901. The van der Waals surface area contributed by atoms with E-state index >= 15 is 0 Å². The smallest absolute Gasteiger partial charge is 0.315 e. The molecular weight excluding hydrogens is 342 g/mol. The van der Waals surface area contributed by atoms with Gasteiger partial charge >= 0.3 is 6.03 Å². The summed E-state index contributed by atoms with van der Waals surface area (Å²) in [4.78, 5) is 16.4.